The van der Waals surface area contributed by atoms with Gasteiger partial charge in [0.15, 0.2) is 11.5 Å². The fraction of sp³-hybridized carbons (Fsp3) is 0.529. The van der Waals surface area contributed by atoms with Crippen LogP contribution in [-0.2, 0) is 9.53 Å². The largest absolute Gasteiger partial charge is 0.493 e. The first-order valence-corrected chi connectivity index (χ1v) is 8.46. The van der Waals surface area contributed by atoms with Crippen LogP contribution in [0.2, 0.25) is 5.02 Å². The monoisotopic (exact) mass is 371 g/mol. The number of rotatable bonds is 7. The zero-order valence-corrected chi connectivity index (χ0v) is 15.0. The van der Waals surface area contributed by atoms with E-state index in [1.165, 1.54) is 18.1 Å². The smallest absolute Gasteiger partial charge is 0.305 e. The van der Waals surface area contributed by atoms with Gasteiger partial charge in [0.25, 0.3) is 5.91 Å². The molecule has 0 aromatic heterocycles. The first-order valence-electron chi connectivity index (χ1n) is 8.08. The molecule has 7 nitrogen and oxygen atoms in total. The summed E-state index contributed by atoms with van der Waals surface area (Å²) < 4.78 is 16.2. The highest BCUT2D eigenvalue weighted by atomic mass is 35.5. The van der Waals surface area contributed by atoms with Gasteiger partial charge in [0.05, 0.1) is 44.4 Å². The summed E-state index contributed by atoms with van der Waals surface area (Å²) >= 11 is 6.26. The molecule has 138 valence electrons. The van der Waals surface area contributed by atoms with Gasteiger partial charge in [0, 0.05) is 12.1 Å². The Bertz CT molecular complexity index is 636. The van der Waals surface area contributed by atoms with Crippen molar-refractivity contribution in [3.05, 3.63) is 22.7 Å². The van der Waals surface area contributed by atoms with E-state index in [1.807, 2.05) is 6.92 Å². The summed E-state index contributed by atoms with van der Waals surface area (Å²) in [6.45, 7) is 3.34. The number of benzene rings is 1. The predicted octanol–water partition coefficient (Wildman–Crippen LogP) is 2.45. The van der Waals surface area contributed by atoms with Gasteiger partial charge in [-0.25, -0.2) is 0 Å². The Morgan fingerprint density at radius 1 is 1.44 bits per heavy atom. The lowest BCUT2D eigenvalue weighted by Gasteiger charge is -2.35. The van der Waals surface area contributed by atoms with Crippen LogP contribution in [0.25, 0.3) is 0 Å². The Balaban J connectivity index is 2.28. The summed E-state index contributed by atoms with van der Waals surface area (Å²) in [6, 6.07) is 2.57. The Labute approximate surface area is 151 Å². The molecule has 1 amide bonds. The number of hydrogen-bond acceptors (Lipinski definition) is 5. The molecule has 1 atom stereocenters. The van der Waals surface area contributed by atoms with Gasteiger partial charge < -0.3 is 24.2 Å². The molecule has 1 saturated heterocycles. The molecular weight excluding hydrogens is 350 g/mol. The summed E-state index contributed by atoms with van der Waals surface area (Å²) in [6.07, 6.45) is 0.638. The molecule has 25 heavy (non-hydrogen) atoms. The topological polar surface area (TPSA) is 85.3 Å². The van der Waals surface area contributed by atoms with Gasteiger partial charge in [-0.15, -0.1) is 0 Å². The van der Waals surface area contributed by atoms with Crippen LogP contribution in [0.4, 0.5) is 0 Å². The number of carbonyl (C=O) groups is 2. The van der Waals surface area contributed by atoms with Crippen molar-refractivity contribution in [2.45, 2.75) is 25.8 Å². The average Bonchev–Trinajstić information content (AvgIpc) is 2.59. The van der Waals surface area contributed by atoms with Crippen molar-refractivity contribution in [3.8, 4) is 11.5 Å². The molecule has 1 aliphatic heterocycles. The summed E-state index contributed by atoms with van der Waals surface area (Å²) in [5, 5.41) is 9.31. The molecule has 0 saturated carbocycles. The van der Waals surface area contributed by atoms with Gasteiger partial charge in [-0.3, -0.25) is 9.59 Å². The maximum atomic E-state index is 12.9. The minimum Gasteiger partial charge on any atom is -0.493 e. The van der Waals surface area contributed by atoms with Crippen molar-refractivity contribution in [2.24, 2.45) is 0 Å². The number of carboxylic acid groups (broad SMARTS) is 1. The molecule has 1 unspecified atom stereocenters. The number of aliphatic carboxylic acids is 1. The molecule has 1 aromatic carbocycles. The number of amides is 1. The van der Waals surface area contributed by atoms with E-state index in [0.29, 0.717) is 36.8 Å². The molecule has 0 spiro atoms. The maximum Gasteiger partial charge on any atom is 0.305 e. The first-order chi connectivity index (χ1) is 12.0. The SMILES string of the molecule is CCCOc1c(Cl)cc(C(=O)N2CCOCC2CC(=O)O)cc1OC. The van der Waals surface area contributed by atoms with E-state index in [0.717, 1.165) is 6.42 Å². The number of carboxylic acids is 1. The van der Waals surface area contributed by atoms with Crippen LogP contribution in [0.1, 0.15) is 30.1 Å². The van der Waals surface area contributed by atoms with Crippen molar-refractivity contribution >= 4 is 23.5 Å². The lowest BCUT2D eigenvalue weighted by Crippen LogP contribution is -2.49. The van der Waals surface area contributed by atoms with Crippen molar-refractivity contribution in [2.75, 3.05) is 33.5 Å². The molecule has 1 aliphatic rings. The molecule has 0 aliphatic carbocycles. The van der Waals surface area contributed by atoms with Gasteiger partial charge in [-0.05, 0) is 18.6 Å². The van der Waals surface area contributed by atoms with E-state index in [2.05, 4.69) is 0 Å². The molecule has 1 aromatic rings. The maximum absolute atomic E-state index is 12.9. The second kappa shape index (κ2) is 8.92. The number of halogens is 1. The minimum absolute atomic E-state index is 0.172. The molecule has 1 N–H and O–H groups in total. The average molecular weight is 372 g/mol. The van der Waals surface area contributed by atoms with Crippen LogP contribution in [0.5, 0.6) is 11.5 Å². The lowest BCUT2D eigenvalue weighted by atomic mass is 10.1. The quantitative estimate of drug-likeness (QED) is 0.792. The third-order valence-electron chi connectivity index (χ3n) is 3.83. The highest BCUT2D eigenvalue weighted by Crippen LogP contribution is 2.37. The Morgan fingerprint density at radius 2 is 2.20 bits per heavy atom. The van der Waals surface area contributed by atoms with Gasteiger partial charge in [-0.1, -0.05) is 18.5 Å². The van der Waals surface area contributed by atoms with E-state index in [1.54, 1.807) is 6.07 Å². The molecule has 1 fully saturated rings. The number of hydrogen-bond donors (Lipinski definition) is 1. The molecule has 0 radical (unpaired) electrons. The van der Waals surface area contributed by atoms with E-state index >= 15 is 0 Å². The van der Waals surface area contributed by atoms with E-state index in [9.17, 15) is 9.59 Å². The molecule has 2 rings (SSSR count). The number of carbonyl (C=O) groups excluding carboxylic acids is 1. The van der Waals surface area contributed by atoms with E-state index in [-0.39, 0.29) is 24.0 Å². The van der Waals surface area contributed by atoms with Gasteiger partial charge in [0.1, 0.15) is 0 Å². The van der Waals surface area contributed by atoms with E-state index in [4.69, 9.17) is 30.9 Å². The summed E-state index contributed by atoms with van der Waals surface area (Å²) in [5.41, 5.74) is 0.322. The molecule has 8 heteroatoms. The van der Waals surface area contributed by atoms with Crippen LogP contribution in [0.3, 0.4) is 0 Å². The first kappa shape index (κ1) is 19.3. The summed E-state index contributed by atoms with van der Waals surface area (Å²) in [4.78, 5) is 25.4. The molecule has 1 heterocycles. The third-order valence-corrected chi connectivity index (χ3v) is 4.11. The highest BCUT2D eigenvalue weighted by molar-refractivity contribution is 6.32. The summed E-state index contributed by atoms with van der Waals surface area (Å²) in [7, 11) is 1.47. The number of methoxy groups -OCH3 is 1. The predicted molar refractivity (Wildman–Crippen MR) is 91.7 cm³/mol. The fourth-order valence-electron chi connectivity index (χ4n) is 2.65. The number of morpholine rings is 1. The highest BCUT2D eigenvalue weighted by Gasteiger charge is 2.30. The zero-order valence-electron chi connectivity index (χ0n) is 14.3. The lowest BCUT2D eigenvalue weighted by molar-refractivity contribution is -0.139. The fourth-order valence-corrected chi connectivity index (χ4v) is 2.91. The Morgan fingerprint density at radius 3 is 2.84 bits per heavy atom. The third kappa shape index (κ3) is 4.76. The van der Waals surface area contributed by atoms with Crippen molar-refractivity contribution in [3.63, 3.8) is 0 Å². The Hall–Kier alpha value is -1.99. The van der Waals surface area contributed by atoms with Crippen molar-refractivity contribution in [1.82, 2.24) is 4.90 Å². The van der Waals surface area contributed by atoms with E-state index < -0.39 is 12.0 Å². The molecule has 0 bridgehead atoms. The van der Waals surface area contributed by atoms with Gasteiger partial charge in [0.2, 0.25) is 0 Å². The normalized spacial score (nSPS) is 17.2. The minimum atomic E-state index is -0.979. The second-order valence-corrected chi connectivity index (χ2v) is 6.07. The molecular formula is C17H22ClNO6. The van der Waals surface area contributed by atoms with Crippen LogP contribution in [0, 0.1) is 0 Å². The van der Waals surface area contributed by atoms with Crippen LogP contribution < -0.4 is 9.47 Å². The summed E-state index contributed by atoms with van der Waals surface area (Å²) in [5.74, 6) is -0.525. The van der Waals surface area contributed by atoms with Crippen molar-refractivity contribution in [1.29, 1.82) is 0 Å². The zero-order chi connectivity index (χ0) is 18.4. The number of ether oxygens (including phenoxy) is 3. The second-order valence-electron chi connectivity index (χ2n) is 5.66. The van der Waals surface area contributed by atoms with Crippen LogP contribution >= 0.6 is 11.6 Å². The Kier molecular flexibility index (Phi) is 6.90. The van der Waals surface area contributed by atoms with Crippen LogP contribution in [0.15, 0.2) is 12.1 Å². The van der Waals surface area contributed by atoms with Crippen LogP contribution in [-0.4, -0.2) is 61.4 Å². The number of nitrogens with zero attached hydrogens (tertiary/aromatic N) is 1. The van der Waals surface area contributed by atoms with Crippen molar-refractivity contribution < 1.29 is 28.9 Å². The van der Waals surface area contributed by atoms with Gasteiger partial charge >= 0.3 is 5.97 Å². The van der Waals surface area contributed by atoms with Gasteiger partial charge in [-0.2, -0.15) is 0 Å². The standard InChI is InChI=1S/C17H22ClNO6/c1-3-5-25-16-13(18)7-11(8-14(16)23-2)17(22)19-4-6-24-10-12(19)9-15(20)21/h7-8,12H,3-6,9-10H2,1-2H3,(H,20,21).